The van der Waals surface area contributed by atoms with E-state index in [-0.39, 0.29) is 18.2 Å². The lowest BCUT2D eigenvalue weighted by atomic mass is 10.2. The first-order valence-corrected chi connectivity index (χ1v) is 7.52. The fraction of sp³-hybridized carbons (Fsp3) is 0.933. The van der Waals surface area contributed by atoms with Crippen molar-refractivity contribution < 1.29 is 19.0 Å². The monoisotopic (exact) mass is 302 g/mol. The van der Waals surface area contributed by atoms with Crippen molar-refractivity contribution in [3.63, 3.8) is 0 Å². The van der Waals surface area contributed by atoms with E-state index in [1.54, 1.807) is 0 Å². The Kier molecular flexibility index (Phi) is 6.59. The first-order valence-electron chi connectivity index (χ1n) is 7.52. The summed E-state index contributed by atoms with van der Waals surface area (Å²) in [6.45, 7) is 14.6. The molecule has 1 heterocycles. The fourth-order valence-corrected chi connectivity index (χ4v) is 1.78. The van der Waals surface area contributed by atoms with Crippen LogP contribution in [0, 0.1) is 0 Å². The zero-order valence-corrected chi connectivity index (χ0v) is 14.2. The van der Waals surface area contributed by atoms with Gasteiger partial charge in [0, 0.05) is 13.1 Å². The Bertz CT molecular complexity index is 328. The van der Waals surface area contributed by atoms with Crippen molar-refractivity contribution in [3.05, 3.63) is 0 Å². The van der Waals surface area contributed by atoms with Crippen LogP contribution in [0.15, 0.2) is 0 Å². The molecule has 0 aromatic heterocycles. The van der Waals surface area contributed by atoms with Gasteiger partial charge in [0.2, 0.25) is 0 Å². The maximum Gasteiger partial charge on any atom is 0.327 e. The van der Waals surface area contributed by atoms with Gasteiger partial charge in [-0.3, -0.25) is 4.79 Å². The summed E-state index contributed by atoms with van der Waals surface area (Å²) in [5.74, 6) is -0.293. The first kappa shape index (κ1) is 18.4. The van der Waals surface area contributed by atoms with Crippen molar-refractivity contribution in [2.75, 3.05) is 32.9 Å². The van der Waals surface area contributed by atoms with E-state index >= 15 is 0 Å². The van der Waals surface area contributed by atoms with E-state index in [4.69, 9.17) is 14.2 Å². The second-order valence-electron chi connectivity index (χ2n) is 7.24. The average molecular weight is 302 g/mol. The van der Waals surface area contributed by atoms with Gasteiger partial charge in [0.1, 0.15) is 11.6 Å². The van der Waals surface area contributed by atoms with E-state index in [2.05, 4.69) is 5.43 Å². The number of hydrogen-bond donors (Lipinski definition) is 1. The summed E-state index contributed by atoms with van der Waals surface area (Å²) in [5, 5.41) is 1.99. The molecule has 1 rings (SSSR count). The molecule has 1 N–H and O–H groups in total. The second-order valence-corrected chi connectivity index (χ2v) is 7.24. The number of ether oxygens (including phenoxy) is 3. The molecule has 6 heteroatoms. The van der Waals surface area contributed by atoms with Crippen molar-refractivity contribution in [2.24, 2.45) is 0 Å². The summed E-state index contributed by atoms with van der Waals surface area (Å²) in [5.41, 5.74) is 2.40. The van der Waals surface area contributed by atoms with Gasteiger partial charge in [-0.1, -0.05) is 0 Å². The van der Waals surface area contributed by atoms with E-state index in [9.17, 15) is 4.79 Å². The molecule has 1 aliphatic rings. The molecule has 0 bridgehead atoms. The molecule has 0 aromatic carbocycles. The van der Waals surface area contributed by atoms with Crippen LogP contribution in [0.4, 0.5) is 0 Å². The first-order chi connectivity index (χ1) is 9.57. The molecule has 0 unspecified atom stereocenters. The standard InChI is InChI=1S/C15H30N2O4/c1-14(2,3)20-11-12(13(18)21-15(4,5)6)16-17-7-9-19-10-8-17/h12,16H,7-11H2,1-6H3/t12-/m0/s1. The Labute approximate surface area is 128 Å². The van der Waals surface area contributed by atoms with Crippen LogP contribution in [0.3, 0.4) is 0 Å². The minimum Gasteiger partial charge on any atom is -0.459 e. The molecule has 6 nitrogen and oxygen atoms in total. The van der Waals surface area contributed by atoms with Crippen LogP contribution in [-0.2, 0) is 19.0 Å². The van der Waals surface area contributed by atoms with Crippen LogP contribution in [-0.4, -0.2) is 61.1 Å². The van der Waals surface area contributed by atoms with Crippen molar-refractivity contribution in [1.82, 2.24) is 10.4 Å². The third-order valence-electron chi connectivity index (χ3n) is 2.72. The summed E-state index contributed by atoms with van der Waals surface area (Å²) in [4.78, 5) is 12.3. The summed E-state index contributed by atoms with van der Waals surface area (Å²) >= 11 is 0. The number of esters is 1. The van der Waals surface area contributed by atoms with E-state index < -0.39 is 11.6 Å². The van der Waals surface area contributed by atoms with E-state index in [1.807, 2.05) is 46.6 Å². The zero-order valence-electron chi connectivity index (χ0n) is 14.2. The van der Waals surface area contributed by atoms with Gasteiger partial charge in [-0.2, -0.15) is 0 Å². The Morgan fingerprint density at radius 1 is 1.14 bits per heavy atom. The Morgan fingerprint density at radius 3 is 2.19 bits per heavy atom. The number of carbonyl (C=O) groups excluding carboxylic acids is 1. The molecule has 0 radical (unpaired) electrons. The largest absolute Gasteiger partial charge is 0.459 e. The van der Waals surface area contributed by atoms with Gasteiger partial charge in [0.25, 0.3) is 0 Å². The van der Waals surface area contributed by atoms with Crippen LogP contribution in [0.2, 0.25) is 0 Å². The SMILES string of the molecule is CC(C)(C)OC[C@H](NN1CCOCC1)C(=O)OC(C)(C)C. The lowest BCUT2D eigenvalue weighted by molar-refractivity contribution is -0.163. The van der Waals surface area contributed by atoms with Crippen molar-refractivity contribution in [2.45, 2.75) is 58.8 Å². The van der Waals surface area contributed by atoms with Gasteiger partial charge >= 0.3 is 5.97 Å². The summed E-state index contributed by atoms with van der Waals surface area (Å²) < 4.78 is 16.5. The Balaban J connectivity index is 2.61. The zero-order chi connectivity index (χ0) is 16.1. The highest BCUT2D eigenvalue weighted by Crippen LogP contribution is 2.12. The van der Waals surface area contributed by atoms with Crippen LogP contribution in [0.5, 0.6) is 0 Å². The highest BCUT2D eigenvalue weighted by molar-refractivity contribution is 5.76. The number of nitrogens with zero attached hydrogens (tertiary/aromatic N) is 1. The molecule has 0 amide bonds. The Morgan fingerprint density at radius 2 is 1.71 bits per heavy atom. The van der Waals surface area contributed by atoms with Crippen molar-refractivity contribution >= 4 is 5.97 Å². The molecular formula is C15H30N2O4. The van der Waals surface area contributed by atoms with E-state index in [0.717, 1.165) is 13.1 Å². The molecular weight excluding hydrogens is 272 g/mol. The average Bonchev–Trinajstić information content (AvgIpc) is 2.32. The molecule has 1 aliphatic heterocycles. The normalized spacial score (nSPS) is 19.3. The number of hydrogen-bond acceptors (Lipinski definition) is 6. The van der Waals surface area contributed by atoms with Crippen LogP contribution in [0.25, 0.3) is 0 Å². The topological polar surface area (TPSA) is 60.0 Å². The van der Waals surface area contributed by atoms with Crippen LogP contribution in [0.1, 0.15) is 41.5 Å². The maximum atomic E-state index is 12.3. The summed E-state index contributed by atoms with van der Waals surface area (Å²) in [6, 6.07) is -0.512. The number of carbonyl (C=O) groups is 1. The van der Waals surface area contributed by atoms with Gasteiger partial charge in [-0.25, -0.2) is 10.4 Å². The van der Waals surface area contributed by atoms with Gasteiger partial charge in [-0.15, -0.1) is 0 Å². The maximum absolute atomic E-state index is 12.3. The lowest BCUT2D eigenvalue weighted by Gasteiger charge is -2.33. The van der Waals surface area contributed by atoms with Gasteiger partial charge in [0.05, 0.1) is 25.4 Å². The number of nitrogens with one attached hydrogen (secondary N) is 1. The number of hydrazine groups is 1. The number of rotatable bonds is 5. The number of morpholine rings is 1. The molecule has 0 spiro atoms. The second kappa shape index (κ2) is 7.54. The Hall–Kier alpha value is -0.690. The third-order valence-corrected chi connectivity index (χ3v) is 2.72. The quantitative estimate of drug-likeness (QED) is 0.774. The molecule has 124 valence electrons. The fourth-order valence-electron chi connectivity index (χ4n) is 1.78. The van der Waals surface area contributed by atoms with E-state index in [1.165, 1.54) is 0 Å². The molecule has 0 saturated carbocycles. The predicted octanol–water partition coefficient (Wildman–Crippen LogP) is 1.35. The van der Waals surface area contributed by atoms with Crippen LogP contribution < -0.4 is 5.43 Å². The molecule has 0 aromatic rings. The smallest absolute Gasteiger partial charge is 0.327 e. The third kappa shape index (κ3) is 8.36. The van der Waals surface area contributed by atoms with Crippen LogP contribution >= 0.6 is 0 Å². The minimum absolute atomic E-state index is 0.274. The van der Waals surface area contributed by atoms with Gasteiger partial charge in [0.15, 0.2) is 0 Å². The highest BCUT2D eigenvalue weighted by atomic mass is 16.6. The van der Waals surface area contributed by atoms with Gasteiger partial charge in [-0.05, 0) is 41.5 Å². The molecule has 21 heavy (non-hydrogen) atoms. The minimum atomic E-state index is -0.512. The summed E-state index contributed by atoms with van der Waals surface area (Å²) in [6.07, 6.45) is 0. The predicted molar refractivity (Wildman–Crippen MR) is 80.9 cm³/mol. The van der Waals surface area contributed by atoms with Crippen molar-refractivity contribution in [3.8, 4) is 0 Å². The molecule has 0 aliphatic carbocycles. The highest BCUT2D eigenvalue weighted by Gasteiger charge is 2.29. The molecule has 1 fully saturated rings. The summed E-state index contributed by atoms with van der Waals surface area (Å²) in [7, 11) is 0. The molecule has 1 saturated heterocycles. The van der Waals surface area contributed by atoms with Gasteiger partial charge < -0.3 is 14.2 Å². The lowest BCUT2D eigenvalue weighted by Crippen LogP contribution is -2.55. The molecule has 1 atom stereocenters. The van der Waals surface area contributed by atoms with E-state index in [0.29, 0.717) is 13.2 Å². The van der Waals surface area contributed by atoms with Crippen molar-refractivity contribution in [1.29, 1.82) is 0 Å².